The van der Waals surface area contributed by atoms with Gasteiger partial charge in [0, 0.05) is 6.07 Å². The first-order valence-corrected chi connectivity index (χ1v) is 7.35. The van der Waals surface area contributed by atoms with E-state index in [-0.39, 0.29) is 23.8 Å². The number of hydrogen-bond acceptors (Lipinski definition) is 4. The van der Waals surface area contributed by atoms with Crippen LogP contribution in [0.25, 0.3) is 0 Å². The zero-order valence-electron chi connectivity index (χ0n) is 13.1. The molecule has 0 radical (unpaired) electrons. The van der Waals surface area contributed by atoms with E-state index in [0.29, 0.717) is 0 Å². The Labute approximate surface area is 138 Å². The summed E-state index contributed by atoms with van der Waals surface area (Å²) in [5.74, 6) is -1.22. The fraction of sp³-hybridized carbons (Fsp3) is 0.176. The van der Waals surface area contributed by atoms with Crippen molar-refractivity contribution in [1.29, 1.82) is 0 Å². The molecule has 0 aliphatic heterocycles. The van der Waals surface area contributed by atoms with Gasteiger partial charge in [-0.1, -0.05) is 42.5 Å². The molecule has 0 bridgehead atoms. The second-order valence-electron chi connectivity index (χ2n) is 5.17. The first kappa shape index (κ1) is 17.1. The number of carbonyl (C=O) groups excluding carboxylic acids is 2. The highest BCUT2D eigenvalue weighted by Crippen LogP contribution is 2.22. The lowest BCUT2D eigenvalue weighted by Crippen LogP contribution is -2.35. The van der Waals surface area contributed by atoms with E-state index in [1.165, 1.54) is 18.2 Å². The maximum Gasteiger partial charge on any atom is 0.292 e. The predicted octanol–water partition coefficient (Wildman–Crippen LogP) is 2.45. The van der Waals surface area contributed by atoms with Gasteiger partial charge in [-0.15, -0.1) is 0 Å². The number of anilines is 1. The largest absolute Gasteiger partial charge is 0.347 e. The molecule has 2 rings (SSSR count). The van der Waals surface area contributed by atoms with Crippen molar-refractivity contribution in [1.82, 2.24) is 5.32 Å². The van der Waals surface area contributed by atoms with Gasteiger partial charge < -0.3 is 10.6 Å². The first-order chi connectivity index (χ1) is 11.5. The Morgan fingerprint density at radius 2 is 1.71 bits per heavy atom. The van der Waals surface area contributed by atoms with Crippen LogP contribution in [0.2, 0.25) is 0 Å². The molecule has 7 nitrogen and oxygen atoms in total. The molecule has 124 valence electrons. The Hall–Kier alpha value is -3.22. The Morgan fingerprint density at radius 3 is 2.38 bits per heavy atom. The number of nitrogens with one attached hydrogen (secondary N) is 2. The van der Waals surface area contributed by atoms with Crippen LogP contribution in [0.4, 0.5) is 11.4 Å². The number of carbonyl (C=O) groups is 2. The van der Waals surface area contributed by atoms with Gasteiger partial charge >= 0.3 is 0 Å². The molecule has 0 aliphatic rings. The topological polar surface area (TPSA) is 101 Å². The molecule has 0 spiro atoms. The molecule has 2 aromatic carbocycles. The van der Waals surface area contributed by atoms with Crippen LogP contribution in [-0.2, 0) is 9.59 Å². The molecule has 0 unspecified atom stereocenters. The zero-order chi connectivity index (χ0) is 17.5. The summed E-state index contributed by atoms with van der Waals surface area (Å²) >= 11 is 0. The second-order valence-corrected chi connectivity index (χ2v) is 5.17. The van der Waals surface area contributed by atoms with Gasteiger partial charge in [-0.05, 0) is 18.6 Å². The molecule has 0 aliphatic carbocycles. The summed E-state index contributed by atoms with van der Waals surface area (Å²) in [4.78, 5) is 34.3. The van der Waals surface area contributed by atoms with Crippen molar-refractivity contribution < 1.29 is 14.5 Å². The van der Waals surface area contributed by atoms with Crippen molar-refractivity contribution in [2.24, 2.45) is 0 Å². The van der Waals surface area contributed by atoms with Crippen LogP contribution in [0.1, 0.15) is 18.4 Å². The van der Waals surface area contributed by atoms with Crippen molar-refractivity contribution in [2.75, 3.05) is 11.9 Å². The Balaban J connectivity index is 1.92. The monoisotopic (exact) mass is 327 g/mol. The number of hydrogen-bond donors (Lipinski definition) is 2. The summed E-state index contributed by atoms with van der Waals surface area (Å²) in [6.45, 7) is 1.48. The minimum Gasteiger partial charge on any atom is -0.347 e. The Bertz CT molecular complexity index is 747. The average Bonchev–Trinajstić information content (AvgIpc) is 2.60. The van der Waals surface area contributed by atoms with E-state index >= 15 is 0 Å². The molecule has 2 aromatic rings. The van der Waals surface area contributed by atoms with E-state index in [9.17, 15) is 19.7 Å². The zero-order valence-corrected chi connectivity index (χ0v) is 13.1. The average molecular weight is 327 g/mol. The number of rotatable bonds is 6. The lowest BCUT2D eigenvalue weighted by Gasteiger charge is -2.12. The quantitative estimate of drug-likeness (QED) is 0.628. The third-order valence-corrected chi connectivity index (χ3v) is 3.49. The number of nitrogens with zero attached hydrogens (tertiary/aromatic N) is 1. The summed E-state index contributed by atoms with van der Waals surface area (Å²) in [7, 11) is 0. The lowest BCUT2D eigenvalue weighted by atomic mass is 10.0. The lowest BCUT2D eigenvalue weighted by molar-refractivity contribution is -0.383. The van der Waals surface area contributed by atoms with Crippen LogP contribution in [0, 0.1) is 10.1 Å². The third-order valence-electron chi connectivity index (χ3n) is 3.49. The van der Waals surface area contributed by atoms with Crippen LogP contribution in [-0.4, -0.2) is 23.3 Å². The summed E-state index contributed by atoms with van der Waals surface area (Å²) in [6.07, 6.45) is 0. The van der Waals surface area contributed by atoms with E-state index < -0.39 is 16.7 Å². The van der Waals surface area contributed by atoms with E-state index in [2.05, 4.69) is 10.6 Å². The van der Waals surface area contributed by atoms with Gasteiger partial charge in [-0.3, -0.25) is 19.7 Å². The molecular weight excluding hydrogens is 310 g/mol. The SMILES string of the molecule is C[C@H](C(=O)NCC(=O)Nc1ccccc1[N+](=O)[O-])c1ccccc1. The fourth-order valence-electron chi connectivity index (χ4n) is 2.15. The molecular formula is C17H17N3O4. The number of nitro benzene ring substituents is 1. The standard InChI is InChI=1S/C17H17N3O4/c1-12(13-7-3-2-4-8-13)17(22)18-11-16(21)19-14-9-5-6-10-15(14)20(23)24/h2-10,12H,11H2,1H3,(H,18,22)(H,19,21)/t12-/m0/s1. The van der Waals surface area contributed by atoms with Crippen molar-refractivity contribution in [3.8, 4) is 0 Å². The summed E-state index contributed by atoms with van der Waals surface area (Å²) in [5.41, 5.74) is 0.738. The minimum absolute atomic E-state index is 0.0952. The minimum atomic E-state index is -0.578. The van der Waals surface area contributed by atoms with Gasteiger partial charge in [0.2, 0.25) is 11.8 Å². The summed E-state index contributed by atoms with van der Waals surface area (Å²) in [5, 5.41) is 15.9. The first-order valence-electron chi connectivity index (χ1n) is 7.35. The van der Waals surface area contributed by atoms with Gasteiger partial charge in [-0.2, -0.15) is 0 Å². The molecule has 2 N–H and O–H groups in total. The van der Waals surface area contributed by atoms with Crippen molar-refractivity contribution >= 4 is 23.2 Å². The number of amides is 2. The van der Waals surface area contributed by atoms with Gasteiger partial charge in [0.1, 0.15) is 5.69 Å². The molecule has 0 saturated heterocycles. The molecule has 7 heteroatoms. The number of nitro groups is 1. The highest BCUT2D eigenvalue weighted by atomic mass is 16.6. The summed E-state index contributed by atoms with van der Waals surface area (Å²) < 4.78 is 0. The molecule has 0 fully saturated rings. The highest BCUT2D eigenvalue weighted by molar-refractivity contribution is 5.97. The molecule has 24 heavy (non-hydrogen) atoms. The van der Waals surface area contributed by atoms with Crippen molar-refractivity contribution in [3.63, 3.8) is 0 Å². The van der Waals surface area contributed by atoms with Gasteiger partial charge in [0.25, 0.3) is 5.69 Å². The summed E-state index contributed by atoms with van der Waals surface area (Å²) in [6, 6.07) is 15.0. The predicted molar refractivity (Wildman–Crippen MR) is 89.6 cm³/mol. The maximum atomic E-state index is 12.1. The maximum absolute atomic E-state index is 12.1. The normalized spacial score (nSPS) is 11.4. The van der Waals surface area contributed by atoms with Crippen LogP contribution in [0.3, 0.4) is 0 Å². The Morgan fingerprint density at radius 1 is 1.08 bits per heavy atom. The van der Waals surface area contributed by atoms with Crippen LogP contribution in [0.15, 0.2) is 54.6 Å². The molecule has 0 aromatic heterocycles. The Kier molecular flexibility index (Phi) is 5.62. The van der Waals surface area contributed by atoms with Crippen molar-refractivity contribution in [2.45, 2.75) is 12.8 Å². The fourth-order valence-corrected chi connectivity index (χ4v) is 2.15. The van der Waals surface area contributed by atoms with Gasteiger partial charge in [0.05, 0.1) is 17.4 Å². The second kappa shape index (κ2) is 7.87. The number of para-hydroxylation sites is 2. The van der Waals surface area contributed by atoms with Crippen LogP contribution in [0.5, 0.6) is 0 Å². The molecule has 0 saturated carbocycles. The third kappa shape index (κ3) is 4.39. The molecule has 2 amide bonds. The molecule has 0 heterocycles. The molecule has 1 atom stereocenters. The highest BCUT2D eigenvalue weighted by Gasteiger charge is 2.17. The smallest absolute Gasteiger partial charge is 0.292 e. The van der Waals surface area contributed by atoms with E-state index in [4.69, 9.17) is 0 Å². The van der Waals surface area contributed by atoms with Gasteiger partial charge in [-0.25, -0.2) is 0 Å². The number of benzene rings is 2. The van der Waals surface area contributed by atoms with Crippen LogP contribution >= 0.6 is 0 Å². The van der Waals surface area contributed by atoms with Crippen molar-refractivity contribution in [3.05, 3.63) is 70.3 Å². The van der Waals surface area contributed by atoms with E-state index in [1.807, 2.05) is 30.3 Å². The van der Waals surface area contributed by atoms with Gasteiger partial charge in [0.15, 0.2) is 0 Å². The van der Waals surface area contributed by atoms with Crippen LogP contribution < -0.4 is 10.6 Å². The van der Waals surface area contributed by atoms with E-state index in [0.717, 1.165) is 5.56 Å². The van der Waals surface area contributed by atoms with E-state index in [1.54, 1.807) is 13.0 Å².